The summed E-state index contributed by atoms with van der Waals surface area (Å²) in [4.78, 5) is 13.9. The molecule has 6 heteroatoms. The van der Waals surface area contributed by atoms with E-state index >= 15 is 0 Å². The van der Waals surface area contributed by atoms with Crippen LogP contribution in [0.3, 0.4) is 0 Å². The molecule has 2 aromatic heterocycles. The van der Waals surface area contributed by atoms with E-state index in [4.69, 9.17) is 4.74 Å². The highest BCUT2D eigenvalue weighted by Gasteiger charge is 2.46. The number of thiazole rings is 1. The molecule has 0 aromatic carbocycles. The summed E-state index contributed by atoms with van der Waals surface area (Å²) in [6, 6.07) is 6.15. The van der Waals surface area contributed by atoms with Crippen LogP contribution in [0.25, 0.3) is 0 Å². The molecule has 128 valence electrons. The summed E-state index contributed by atoms with van der Waals surface area (Å²) in [7, 11) is 0. The van der Waals surface area contributed by atoms with E-state index in [0.717, 1.165) is 51.8 Å². The monoisotopic (exact) mass is 344 g/mol. The zero-order valence-electron chi connectivity index (χ0n) is 14.1. The first-order valence-corrected chi connectivity index (χ1v) is 9.48. The quantitative estimate of drug-likeness (QED) is 0.856. The van der Waals surface area contributed by atoms with E-state index < -0.39 is 0 Å². The largest absolute Gasteiger partial charge is 0.379 e. The van der Waals surface area contributed by atoms with Gasteiger partial charge in [0.05, 0.1) is 19.8 Å². The maximum Gasteiger partial charge on any atom is 0.128 e. The average molecular weight is 344 g/mol. The number of rotatable bonds is 3. The van der Waals surface area contributed by atoms with Crippen molar-refractivity contribution in [2.75, 3.05) is 44.3 Å². The molecule has 0 amide bonds. The van der Waals surface area contributed by atoms with E-state index in [-0.39, 0.29) is 5.41 Å². The molecule has 2 fully saturated rings. The van der Waals surface area contributed by atoms with Crippen molar-refractivity contribution in [1.82, 2.24) is 14.9 Å². The lowest BCUT2D eigenvalue weighted by Gasteiger charge is -2.34. The molecule has 4 heterocycles. The highest BCUT2D eigenvalue weighted by Crippen LogP contribution is 2.40. The van der Waals surface area contributed by atoms with Gasteiger partial charge in [0.1, 0.15) is 10.8 Å². The standard InChI is InChI=1S/C18H24N4OS/c1-15-10-22(16-4-2-3-5-19-16)13-18(15)12-21(7-8-23-14-18)11-17-20-6-9-24-17/h2-6,9,15H,7-8,10-14H2,1H3/t15-,18-/m0/s1. The molecular formula is C18H24N4OS. The molecule has 24 heavy (non-hydrogen) atoms. The Morgan fingerprint density at radius 1 is 1.29 bits per heavy atom. The zero-order valence-corrected chi connectivity index (χ0v) is 14.9. The summed E-state index contributed by atoms with van der Waals surface area (Å²) in [5.41, 5.74) is 0.172. The Morgan fingerprint density at radius 3 is 3.04 bits per heavy atom. The van der Waals surface area contributed by atoms with Crippen LogP contribution in [0, 0.1) is 11.3 Å². The second-order valence-electron chi connectivity index (χ2n) is 7.02. The molecule has 2 aliphatic rings. The number of anilines is 1. The van der Waals surface area contributed by atoms with Crippen molar-refractivity contribution in [2.45, 2.75) is 13.5 Å². The Balaban J connectivity index is 1.52. The van der Waals surface area contributed by atoms with Crippen molar-refractivity contribution >= 4 is 17.2 Å². The van der Waals surface area contributed by atoms with Crippen LogP contribution in [0.1, 0.15) is 11.9 Å². The van der Waals surface area contributed by atoms with Gasteiger partial charge in [-0.2, -0.15) is 0 Å². The number of aromatic nitrogens is 2. The third-order valence-corrected chi connectivity index (χ3v) is 6.11. The molecule has 1 spiro atoms. The fraction of sp³-hybridized carbons (Fsp3) is 0.556. The number of nitrogens with zero attached hydrogens (tertiary/aromatic N) is 4. The molecule has 5 nitrogen and oxygen atoms in total. The van der Waals surface area contributed by atoms with Gasteiger partial charge < -0.3 is 9.64 Å². The van der Waals surface area contributed by atoms with E-state index in [1.54, 1.807) is 11.3 Å². The first-order chi connectivity index (χ1) is 11.8. The second-order valence-corrected chi connectivity index (χ2v) is 8.00. The Morgan fingerprint density at radius 2 is 2.25 bits per heavy atom. The smallest absolute Gasteiger partial charge is 0.128 e. The average Bonchev–Trinajstić information content (AvgIpc) is 3.15. The molecule has 0 aliphatic carbocycles. The first-order valence-electron chi connectivity index (χ1n) is 8.60. The number of ether oxygens (including phenoxy) is 1. The molecule has 0 N–H and O–H groups in total. The third-order valence-electron chi connectivity index (χ3n) is 5.34. The SMILES string of the molecule is C[C@H]1CN(c2ccccn2)C[C@@]12COCCN(Cc1nccs1)C2. The van der Waals surface area contributed by atoms with Crippen LogP contribution >= 0.6 is 11.3 Å². The molecule has 2 atom stereocenters. The Labute approximate surface area is 147 Å². The predicted molar refractivity (Wildman–Crippen MR) is 96.3 cm³/mol. The highest BCUT2D eigenvalue weighted by atomic mass is 32.1. The molecular weight excluding hydrogens is 320 g/mol. The van der Waals surface area contributed by atoms with Crippen LogP contribution in [0.2, 0.25) is 0 Å². The predicted octanol–water partition coefficient (Wildman–Crippen LogP) is 2.51. The summed E-state index contributed by atoms with van der Waals surface area (Å²) in [5, 5.41) is 3.25. The summed E-state index contributed by atoms with van der Waals surface area (Å²) >= 11 is 1.74. The minimum Gasteiger partial charge on any atom is -0.379 e. The van der Waals surface area contributed by atoms with Gasteiger partial charge in [-0.1, -0.05) is 13.0 Å². The fourth-order valence-corrected chi connectivity index (χ4v) is 4.59. The summed E-state index contributed by atoms with van der Waals surface area (Å²) in [6.45, 7) is 9.05. The van der Waals surface area contributed by atoms with Crippen molar-refractivity contribution in [1.29, 1.82) is 0 Å². The molecule has 0 bridgehead atoms. The van der Waals surface area contributed by atoms with Crippen molar-refractivity contribution in [3.8, 4) is 0 Å². The minimum absolute atomic E-state index is 0.172. The zero-order chi connectivity index (χ0) is 16.4. The maximum absolute atomic E-state index is 6.03. The van der Waals surface area contributed by atoms with Gasteiger partial charge in [-0.15, -0.1) is 11.3 Å². The third kappa shape index (κ3) is 3.18. The topological polar surface area (TPSA) is 41.5 Å². The molecule has 2 saturated heterocycles. The van der Waals surface area contributed by atoms with Crippen LogP contribution in [0.5, 0.6) is 0 Å². The van der Waals surface area contributed by atoms with Gasteiger partial charge >= 0.3 is 0 Å². The van der Waals surface area contributed by atoms with Gasteiger partial charge in [0.25, 0.3) is 0 Å². The lowest BCUT2D eigenvalue weighted by molar-refractivity contribution is 0.0556. The molecule has 0 saturated carbocycles. The Hall–Kier alpha value is -1.50. The Kier molecular flexibility index (Phi) is 4.52. The van der Waals surface area contributed by atoms with Crippen LogP contribution in [0.15, 0.2) is 36.0 Å². The van der Waals surface area contributed by atoms with Gasteiger partial charge in [-0.25, -0.2) is 9.97 Å². The highest BCUT2D eigenvalue weighted by molar-refractivity contribution is 7.09. The van der Waals surface area contributed by atoms with E-state index in [1.807, 2.05) is 18.5 Å². The normalized spacial score (nSPS) is 28.4. The lowest BCUT2D eigenvalue weighted by atomic mass is 9.79. The summed E-state index contributed by atoms with van der Waals surface area (Å²) in [5.74, 6) is 1.66. The van der Waals surface area contributed by atoms with Crippen molar-refractivity contribution in [2.24, 2.45) is 11.3 Å². The summed E-state index contributed by atoms with van der Waals surface area (Å²) < 4.78 is 6.03. The van der Waals surface area contributed by atoms with Gasteiger partial charge in [0, 0.05) is 49.4 Å². The van der Waals surface area contributed by atoms with Crippen LogP contribution in [-0.4, -0.2) is 54.3 Å². The number of hydrogen-bond donors (Lipinski definition) is 0. The minimum atomic E-state index is 0.172. The van der Waals surface area contributed by atoms with E-state index in [9.17, 15) is 0 Å². The van der Waals surface area contributed by atoms with Crippen molar-refractivity contribution < 1.29 is 4.74 Å². The van der Waals surface area contributed by atoms with Crippen molar-refractivity contribution in [3.63, 3.8) is 0 Å². The van der Waals surface area contributed by atoms with Crippen LogP contribution in [-0.2, 0) is 11.3 Å². The second kappa shape index (κ2) is 6.78. The van der Waals surface area contributed by atoms with Crippen LogP contribution < -0.4 is 4.90 Å². The van der Waals surface area contributed by atoms with Gasteiger partial charge in [0.2, 0.25) is 0 Å². The first kappa shape index (κ1) is 16.0. The Bertz CT molecular complexity index is 650. The van der Waals surface area contributed by atoms with E-state index in [1.165, 1.54) is 5.01 Å². The van der Waals surface area contributed by atoms with E-state index in [2.05, 4.69) is 44.2 Å². The lowest BCUT2D eigenvalue weighted by Crippen LogP contribution is -2.43. The molecule has 0 unspecified atom stereocenters. The van der Waals surface area contributed by atoms with Crippen LogP contribution in [0.4, 0.5) is 5.82 Å². The maximum atomic E-state index is 6.03. The van der Waals surface area contributed by atoms with Gasteiger partial charge in [-0.3, -0.25) is 4.90 Å². The molecule has 4 rings (SSSR count). The van der Waals surface area contributed by atoms with Crippen molar-refractivity contribution in [3.05, 3.63) is 41.0 Å². The van der Waals surface area contributed by atoms with E-state index in [0.29, 0.717) is 5.92 Å². The fourth-order valence-electron chi connectivity index (χ4n) is 3.93. The number of hydrogen-bond acceptors (Lipinski definition) is 6. The molecule has 2 aliphatic heterocycles. The molecule has 0 radical (unpaired) electrons. The van der Waals surface area contributed by atoms with Gasteiger partial charge in [0.15, 0.2) is 0 Å². The summed E-state index contributed by atoms with van der Waals surface area (Å²) in [6.07, 6.45) is 3.77. The molecule has 2 aromatic rings. The number of pyridine rings is 1. The van der Waals surface area contributed by atoms with Gasteiger partial charge in [-0.05, 0) is 18.1 Å².